The van der Waals surface area contributed by atoms with Gasteiger partial charge in [0.2, 0.25) is 0 Å². The maximum atomic E-state index is 12.2. The van der Waals surface area contributed by atoms with E-state index < -0.39 is 0 Å². The molecule has 0 unspecified atom stereocenters. The number of anilines is 1. The summed E-state index contributed by atoms with van der Waals surface area (Å²) in [5.74, 6) is -0.212. The topological polar surface area (TPSA) is 72.7 Å². The van der Waals surface area contributed by atoms with Crippen molar-refractivity contribution >= 4 is 22.6 Å². The Balaban J connectivity index is 1.94. The number of aromatic nitrogens is 4. The van der Waals surface area contributed by atoms with Crippen LogP contribution in [0.4, 0.5) is 5.69 Å². The van der Waals surface area contributed by atoms with E-state index in [9.17, 15) is 4.79 Å². The number of nitrogens with one attached hydrogen (secondary N) is 1. The second-order valence-electron chi connectivity index (χ2n) is 4.50. The molecule has 3 rings (SSSR count). The fourth-order valence-corrected chi connectivity index (χ4v) is 2.07. The molecule has 0 aromatic carbocycles. The number of nitrogens with zero attached hydrogens (tertiary/aromatic N) is 4. The van der Waals surface area contributed by atoms with E-state index in [0.717, 1.165) is 16.7 Å². The summed E-state index contributed by atoms with van der Waals surface area (Å²) in [5, 5.41) is 7.95. The molecule has 3 aromatic heterocycles. The summed E-state index contributed by atoms with van der Waals surface area (Å²) in [5.41, 5.74) is 2.77. The number of hydrogen-bond donors (Lipinski definition) is 1. The van der Waals surface area contributed by atoms with Crippen molar-refractivity contribution in [2.45, 2.75) is 6.92 Å². The lowest BCUT2D eigenvalue weighted by atomic mass is 10.2. The van der Waals surface area contributed by atoms with Crippen LogP contribution in [-0.4, -0.2) is 25.7 Å². The number of carbonyl (C=O) groups excluding carboxylic acids is 1. The van der Waals surface area contributed by atoms with Crippen LogP contribution in [0.3, 0.4) is 0 Å². The van der Waals surface area contributed by atoms with Crippen molar-refractivity contribution in [3.8, 4) is 0 Å². The van der Waals surface area contributed by atoms with Crippen LogP contribution < -0.4 is 5.32 Å². The molecule has 0 atom stereocenters. The molecule has 0 aliphatic rings. The Morgan fingerprint density at radius 1 is 1.35 bits per heavy atom. The van der Waals surface area contributed by atoms with Gasteiger partial charge in [0.25, 0.3) is 5.91 Å². The smallest absolute Gasteiger partial charge is 0.257 e. The largest absolute Gasteiger partial charge is 0.321 e. The van der Waals surface area contributed by atoms with Gasteiger partial charge >= 0.3 is 0 Å². The number of amides is 1. The van der Waals surface area contributed by atoms with Crippen LogP contribution in [0, 0.1) is 6.92 Å². The third-order valence-electron chi connectivity index (χ3n) is 3.04. The van der Waals surface area contributed by atoms with Crippen LogP contribution in [-0.2, 0) is 7.05 Å². The van der Waals surface area contributed by atoms with E-state index in [-0.39, 0.29) is 5.91 Å². The SMILES string of the molecule is Cc1nn(C)c2ncc(C(=O)Nc3cccnc3)cc12. The minimum atomic E-state index is -0.212. The van der Waals surface area contributed by atoms with Crippen molar-refractivity contribution in [2.75, 3.05) is 5.32 Å². The number of fused-ring (bicyclic) bond motifs is 1. The predicted molar refractivity (Wildman–Crippen MR) is 75.4 cm³/mol. The summed E-state index contributed by atoms with van der Waals surface area (Å²) >= 11 is 0. The first kappa shape index (κ1) is 12.3. The molecule has 0 aliphatic carbocycles. The van der Waals surface area contributed by atoms with E-state index in [1.54, 1.807) is 41.5 Å². The highest BCUT2D eigenvalue weighted by Crippen LogP contribution is 2.17. The van der Waals surface area contributed by atoms with Crippen molar-refractivity contribution in [1.29, 1.82) is 0 Å². The highest BCUT2D eigenvalue weighted by Gasteiger charge is 2.11. The average molecular weight is 267 g/mol. The lowest BCUT2D eigenvalue weighted by Crippen LogP contribution is -2.12. The summed E-state index contributed by atoms with van der Waals surface area (Å²) in [6.45, 7) is 1.90. The lowest BCUT2D eigenvalue weighted by Gasteiger charge is -2.04. The molecular formula is C14H13N5O. The molecule has 6 heteroatoms. The van der Waals surface area contributed by atoms with Crippen LogP contribution in [0.25, 0.3) is 11.0 Å². The van der Waals surface area contributed by atoms with Crippen LogP contribution in [0.15, 0.2) is 36.8 Å². The van der Waals surface area contributed by atoms with E-state index in [4.69, 9.17) is 0 Å². The Morgan fingerprint density at radius 2 is 2.20 bits per heavy atom. The molecule has 20 heavy (non-hydrogen) atoms. The molecule has 6 nitrogen and oxygen atoms in total. The molecular weight excluding hydrogens is 254 g/mol. The molecule has 0 fully saturated rings. The third kappa shape index (κ3) is 2.11. The summed E-state index contributed by atoms with van der Waals surface area (Å²) in [6.07, 6.45) is 4.80. The molecule has 0 saturated carbocycles. The Kier molecular flexibility index (Phi) is 2.90. The average Bonchev–Trinajstić information content (AvgIpc) is 2.75. The van der Waals surface area contributed by atoms with Gasteiger partial charge in [0.15, 0.2) is 5.65 Å². The first-order valence-electron chi connectivity index (χ1n) is 6.16. The molecule has 0 aliphatic heterocycles. The van der Waals surface area contributed by atoms with E-state index in [0.29, 0.717) is 11.3 Å². The monoisotopic (exact) mass is 267 g/mol. The number of hydrogen-bond acceptors (Lipinski definition) is 4. The number of pyridine rings is 2. The number of rotatable bonds is 2. The maximum Gasteiger partial charge on any atom is 0.257 e. The van der Waals surface area contributed by atoms with Gasteiger partial charge in [-0.2, -0.15) is 5.10 Å². The van der Waals surface area contributed by atoms with E-state index in [1.165, 1.54) is 0 Å². The summed E-state index contributed by atoms with van der Waals surface area (Å²) in [6, 6.07) is 5.35. The zero-order chi connectivity index (χ0) is 14.1. The van der Waals surface area contributed by atoms with Crippen molar-refractivity contribution in [3.05, 3.63) is 48.0 Å². The van der Waals surface area contributed by atoms with Crippen LogP contribution >= 0.6 is 0 Å². The Morgan fingerprint density at radius 3 is 2.95 bits per heavy atom. The maximum absolute atomic E-state index is 12.2. The third-order valence-corrected chi connectivity index (χ3v) is 3.04. The molecule has 100 valence electrons. The van der Waals surface area contributed by atoms with E-state index >= 15 is 0 Å². The minimum absolute atomic E-state index is 0.212. The van der Waals surface area contributed by atoms with Crippen molar-refractivity contribution in [2.24, 2.45) is 7.05 Å². The summed E-state index contributed by atoms with van der Waals surface area (Å²) in [7, 11) is 1.83. The van der Waals surface area contributed by atoms with E-state index in [1.807, 2.05) is 14.0 Å². The molecule has 0 radical (unpaired) electrons. The summed E-state index contributed by atoms with van der Waals surface area (Å²) in [4.78, 5) is 20.4. The first-order valence-corrected chi connectivity index (χ1v) is 6.16. The van der Waals surface area contributed by atoms with Crippen LogP contribution in [0.2, 0.25) is 0 Å². The van der Waals surface area contributed by atoms with Crippen LogP contribution in [0.1, 0.15) is 16.1 Å². The lowest BCUT2D eigenvalue weighted by molar-refractivity contribution is 0.102. The van der Waals surface area contributed by atoms with Crippen molar-refractivity contribution in [1.82, 2.24) is 19.7 Å². The minimum Gasteiger partial charge on any atom is -0.321 e. The quantitative estimate of drug-likeness (QED) is 0.770. The fraction of sp³-hybridized carbons (Fsp3) is 0.143. The van der Waals surface area contributed by atoms with Gasteiger partial charge in [0, 0.05) is 24.8 Å². The van der Waals surface area contributed by atoms with Gasteiger partial charge in [0.05, 0.1) is 23.1 Å². The summed E-state index contributed by atoms with van der Waals surface area (Å²) < 4.78 is 1.70. The van der Waals surface area contributed by atoms with Gasteiger partial charge in [-0.25, -0.2) is 4.98 Å². The molecule has 1 amide bonds. The van der Waals surface area contributed by atoms with Crippen LogP contribution in [0.5, 0.6) is 0 Å². The number of carbonyl (C=O) groups is 1. The standard InChI is InChI=1S/C14H13N5O/c1-9-12-6-10(7-16-13(12)19(2)18-9)14(20)17-11-4-3-5-15-8-11/h3-8H,1-2H3,(H,17,20). The highest BCUT2D eigenvalue weighted by molar-refractivity contribution is 6.05. The molecule has 3 aromatic rings. The molecule has 0 saturated heterocycles. The van der Waals surface area contributed by atoms with Gasteiger partial charge in [-0.1, -0.05) is 0 Å². The Hall–Kier alpha value is -2.76. The van der Waals surface area contributed by atoms with Gasteiger partial charge in [-0.05, 0) is 25.1 Å². The Bertz CT molecular complexity index is 779. The Labute approximate surface area is 115 Å². The fourth-order valence-electron chi connectivity index (χ4n) is 2.07. The molecule has 0 bridgehead atoms. The molecule has 1 N–H and O–H groups in total. The molecule has 0 spiro atoms. The van der Waals surface area contributed by atoms with Crippen molar-refractivity contribution in [3.63, 3.8) is 0 Å². The zero-order valence-corrected chi connectivity index (χ0v) is 11.2. The second-order valence-corrected chi connectivity index (χ2v) is 4.50. The van der Waals surface area contributed by atoms with E-state index in [2.05, 4.69) is 20.4 Å². The first-order chi connectivity index (χ1) is 9.65. The normalized spacial score (nSPS) is 10.7. The van der Waals surface area contributed by atoms with Gasteiger partial charge in [0.1, 0.15) is 0 Å². The van der Waals surface area contributed by atoms with Gasteiger partial charge < -0.3 is 5.32 Å². The van der Waals surface area contributed by atoms with Gasteiger partial charge in [-0.3, -0.25) is 14.5 Å². The second kappa shape index (κ2) is 4.73. The number of aryl methyl sites for hydroxylation is 2. The van der Waals surface area contributed by atoms with Gasteiger partial charge in [-0.15, -0.1) is 0 Å². The molecule has 3 heterocycles. The zero-order valence-electron chi connectivity index (χ0n) is 11.2. The predicted octanol–water partition coefficient (Wildman–Crippen LogP) is 1.92. The van der Waals surface area contributed by atoms with Crippen molar-refractivity contribution < 1.29 is 4.79 Å². The highest BCUT2D eigenvalue weighted by atomic mass is 16.1.